The second kappa shape index (κ2) is 6.61. The number of halogens is 3. The van der Waals surface area contributed by atoms with Gasteiger partial charge in [0, 0.05) is 6.54 Å². The monoisotopic (exact) mass is 263 g/mol. The van der Waals surface area contributed by atoms with Crippen molar-refractivity contribution in [2.75, 3.05) is 13.2 Å². The molecule has 0 aromatic heterocycles. The summed E-state index contributed by atoms with van der Waals surface area (Å²) in [6.45, 7) is 2.73. The molecule has 0 bridgehead atoms. The minimum absolute atomic E-state index is 0.304. The summed E-state index contributed by atoms with van der Waals surface area (Å²) in [5.41, 5.74) is 1.01. The normalized spacial score (nSPS) is 13.4. The van der Waals surface area contributed by atoms with Gasteiger partial charge in [0.2, 0.25) is 0 Å². The second-order valence-electron chi connectivity index (χ2n) is 3.79. The fourth-order valence-electron chi connectivity index (χ4n) is 1.24. The van der Waals surface area contributed by atoms with Crippen molar-refractivity contribution in [2.24, 2.45) is 0 Å². The summed E-state index contributed by atoms with van der Waals surface area (Å²) >= 11 is 0. The van der Waals surface area contributed by atoms with Gasteiger partial charge >= 0.3 is 6.18 Å². The number of benzene rings is 1. The van der Waals surface area contributed by atoms with Gasteiger partial charge < -0.3 is 15.2 Å². The number of hydrogen-bond donors (Lipinski definition) is 2. The summed E-state index contributed by atoms with van der Waals surface area (Å²) in [6.07, 6.45) is -7.11. The van der Waals surface area contributed by atoms with Gasteiger partial charge in [0.15, 0.2) is 6.10 Å². The van der Waals surface area contributed by atoms with Crippen LogP contribution in [0.25, 0.3) is 0 Å². The highest BCUT2D eigenvalue weighted by molar-refractivity contribution is 5.27. The highest BCUT2D eigenvalue weighted by Gasteiger charge is 2.38. The first-order valence-corrected chi connectivity index (χ1v) is 5.60. The Morgan fingerprint density at radius 2 is 1.89 bits per heavy atom. The Hall–Kier alpha value is -1.27. The molecule has 102 valence electrons. The minimum atomic E-state index is -4.65. The summed E-state index contributed by atoms with van der Waals surface area (Å²) in [5, 5.41) is 11.9. The van der Waals surface area contributed by atoms with Crippen molar-refractivity contribution < 1.29 is 23.0 Å². The number of alkyl halides is 3. The first-order valence-electron chi connectivity index (χ1n) is 5.60. The average molecular weight is 263 g/mol. The third-order valence-electron chi connectivity index (χ3n) is 2.29. The highest BCUT2D eigenvalue weighted by atomic mass is 19.4. The van der Waals surface area contributed by atoms with E-state index in [9.17, 15) is 13.2 Å². The number of aliphatic hydroxyl groups excluding tert-OH is 1. The molecule has 1 rings (SSSR count). The molecule has 6 heteroatoms. The molecule has 0 fully saturated rings. The van der Waals surface area contributed by atoms with Crippen LogP contribution in [0.5, 0.6) is 5.75 Å². The van der Waals surface area contributed by atoms with Gasteiger partial charge in [0.05, 0.1) is 0 Å². The first kappa shape index (κ1) is 14.8. The topological polar surface area (TPSA) is 41.5 Å². The molecule has 0 aliphatic heterocycles. The zero-order valence-corrected chi connectivity index (χ0v) is 10.00. The van der Waals surface area contributed by atoms with E-state index in [4.69, 9.17) is 9.84 Å². The van der Waals surface area contributed by atoms with Crippen LogP contribution in [0.2, 0.25) is 0 Å². The van der Waals surface area contributed by atoms with Gasteiger partial charge in [0.25, 0.3) is 0 Å². The van der Waals surface area contributed by atoms with E-state index in [0.717, 1.165) is 12.1 Å². The first-order chi connectivity index (χ1) is 8.43. The number of aliphatic hydroxyl groups is 1. The van der Waals surface area contributed by atoms with Crippen LogP contribution in [0.3, 0.4) is 0 Å². The molecule has 0 saturated carbocycles. The molecule has 0 aliphatic rings. The molecule has 1 aromatic rings. The van der Waals surface area contributed by atoms with Gasteiger partial charge in [-0.3, -0.25) is 0 Å². The zero-order valence-electron chi connectivity index (χ0n) is 10.00. The Bertz CT molecular complexity index is 351. The Morgan fingerprint density at radius 3 is 2.39 bits per heavy atom. The third-order valence-corrected chi connectivity index (χ3v) is 2.29. The molecule has 0 heterocycles. The number of nitrogens with one attached hydrogen (secondary N) is 1. The molecular formula is C12H16F3NO2. The maximum Gasteiger partial charge on any atom is 0.417 e. The molecule has 18 heavy (non-hydrogen) atoms. The molecule has 0 amide bonds. The fourth-order valence-corrected chi connectivity index (χ4v) is 1.24. The van der Waals surface area contributed by atoms with E-state index in [-0.39, 0.29) is 0 Å². The standard InChI is InChI=1S/C12H16F3NO2/c1-2-16-7-9-3-5-10(6-4-9)18-8-11(17)12(13,14)15/h3-6,11,16-17H,2,7-8H2,1H3. The van der Waals surface area contributed by atoms with E-state index < -0.39 is 18.9 Å². The van der Waals surface area contributed by atoms with Crippen molar-refractivity contribution in [1.29, 1.82) is 0 Å². The molecule has 0 radical (unpaired) electrons. The van der Waals surface area contributed by atoms with Gasteiger partial charge in [-0.05, 0) is 24.2 Å². The van der Waals surface area contributed by atoms with Gasteiger partial charge in [0.1, 0.15) is 12.4 Å². The van der Waals surface area contributed by atoms with Crippen molar-refractivity contribution in [3.63, 3.8) is 0 Å². The van der Waals surface area contributed by atoms with Crippen LogP contribution in [-0.2, 0) is 6.54 Å². The fraction of sp³-hybridized carbons (Fsp3) is 0.500. The predicted octanol–water partition coefficient (Wildman–Crippen LogP) is 2.10. The summed E-state index contributed by atoms with van der Waals surface area (Å²) in [5.74, 6) is 0.304. The third kappa shape index (κ3) is 4.93. The zero-order chi connectivity index (χ0) is 13.6. The molecule has 0 saturated heterocycles. The van der Waals surface area contributed by atoms with Crippen LogP contribution < -0.4 is 10.1 Å². The second-order valence-corrected chi connectivity index (χ2v) is 3.79. The SMILES string of the molecule is CCNCc1ccc(OCC(O)C(F)(F)F)cc1. The quantitative estimate of drug-likeness (QED) is 0.826. The lowest BCUT2D eigenvalue weighted by molar-refractivity contribution is -0.210. The van der Waals surface area contributed by atoms with Crippen molar-refractivity contribution in [1.82, 2.24) is 5.32 Å². The van der Waals surface area contributed by atoms with Crippen molar-refractivity contribution in [2.45, 2.75) is 25.7 Å². The lowest BCUT2D eigenvalue weighted by Crippen LogP contribution is -2.34. The van der Waals surface area contributed by atoms with E-state index >= 15 is 0 Å². The van der Waals surface area contributed by atoms with Gasteiger partial charge in [-0.25, -0.2) is 0 Å². The number of hydrogen-bond acceptors (Lipinski definition) is 3. The van der Waals surface area contributed by atoms with Crippen molar-refractivity contribution in [3.8, 4) is 5.75 Å². The minimum Gasteiger partial charge on any atom is -0.491 e. The smallest absolute Gasteiger partial charge is 0.417 e. The maximum atomic E-state index is 12.0. The lowest BCUT2D eigenvalue weighted by atomic mass is 10.2. The van der Waals surface area contributed by atoms with Crippen LogP contribution in [0.4, 0.5) is 13.2 Å². The molecule has 1 atom stereocenters. The summed E-state index contributed by atoms with van der Waals surface area (Å²) < 4.78 is 40.9. The van der Waals surface area contributed by atoms with Crippen LogP contribution in [-0.4, -0.2) is 30.5 Å². The molecule has 2 N–H and O–H groups in total. The predicted molar refractivity (Wildman–Crippen MR) is 61.4 cm³/mol. The van der Waals surface area contributed by atoms with Crippen molar-refractivity contribution >= 4 is 0 Å². The molecule has 1 aromatic carbocycles. The maximum absolute atomic E-state index is 12.0. The average Bonchev–Trinajstić information content (AvgIpc) is 2.33. The van der Waals surface area contributed by atoms with E-state index in [1.807, 2.05) is 6.92 Å². The number of ether oxygens (including phenoxy) is 1. The largest absolute Gasteiger partial charge is 0.491 e. The van der Waals surface area contributed by atoms with Gasteiger partial charge in [-0.2, -0.15) is 13.2 Å². The molecular weight excluding hydrogens is 247 g/mol. The van der Waals surface area contributed by atoms with E-state index in [2.05, 4.69) is 5.32 Å². The Labute approximate surface area is 104 Å². The number of rotatable bonds is 6. The van der Waals surface area contributed by atoms with Gasteiger partial charge in [-0.1, -0.05) is 19.1 Å². The Morgan fingerprint density at radius 1 is 1.28 bits per heavy atom. The van der Waals surface area contributed by atoms with Crippen LogP contribution >= 0.6 is 0 Å². The molecule has 0 spiro atoms. The highest BCUT2D eigenvalue weighted by Crippen LogP contribution is 2.21. The molecule has 3 nitrogen and oxygen atoms in total. The Kier molecular flexibility index (Phi) is 5.43. The lowest BCUT2D eigenvalue weighted by Gasteiger charge is -2.15. The van der Waals surface area contributed by atoms with Crippen molar-refractivity contribution in [3.05, 3.63) is 29.8 Å². The Balaban J connectivity index is 2.44. The van der Waals surface area contributed by atoms with E-state index in [1.54, 1.807) is 24.3 Å². The van der Waals surface area contributed by atoms with Crippen LogP contribution in [0.15, 0.2) is 24.3 Å². The summed E-state index contributed by atoms with van der Waals surface area (Å²) in [7, 11) is 0. The molecule has 1 unspecified atom stereocenters. The van der Waals surface area contributed by atoms with Crippen LogP contribution in [0.1, 0.15) is 12.5 Å². The summed E-state index contributed by atoms with van der Waals surface area (Å²) in [6, 6.07) is 6.68. The van der Waals surface area contributed by atoms with E-state index in [0.29, 0.717) is 12.3 Å². The van der Waals surface area contributed by atoms with Gasteiger partial charge in [-0.15, -0.1) is 0 Å². The van der Waals surface area contributed by atoms with Crippen LogP contribution in [0, 0.1) is 0 Å². The molecule has 0 aliphatic carbocycles. The summed E-state index contributed by atoms with van der Waals surface area (Å²) in [4.78, 5) is 0. The van der Waals surface area contributed by atoms with E-state index in [1.165, 1.54) is 0 Å².